The monoisotopic (exact) mass is 455 g/mol. The maximum atomic E-state index is 4.87. The first-order chi connectivity index (χ1) is 15.4. The van der Waals surface area contributed by atoms with Crippen molar-refractivity contribution in [3.63, 3.8) is 0 Å². The average molecular weight is 456 g/mol. The molecule has 0 bridgehead atoms. The van der Waals surface area contributed by atoms with E-state index in [1.165, 1.54) is 44.1 Å². The average Bonchev–Trinajstić information content (AvgIpc) is 3.12. The summed E-state index contributed by atoms with van der Waals surface area (Å²) in [7, 11) is 0. The molecular formula is C31H37NS. The van der Waals surface area contributed by atoms with E-state index >= 15 is 0 Å². The van der Waals surface area contributed by atoms with Gasteiger partial charge in [0.2, 0.25) is 0 Å². The minimum Gasteiger partial charge on any atom is -0.255 e. The lowest BCUT2D eigenvalue weighted by molar-refractivity contribution is 0.326. The van der Waals surface area contributed by atoms with Crippen molar-refractivity contribution in [1.29, 1.82) is 0 Å². The van der Waals surface area contributed by atoms with Gasteiger partial charge in [0.05, 0.1) is 10.4 Å². The van der Waals surface area contributed by atoms with Gasteiger partial charge in [0.1, 0.15) is 0 Å². The minimum absolute atomic E-state index is 0.171. The van der Waals surface area contributed by atoms with E-state index in [0.717, 1.165) is 12.1 Å². The van der Waals surface area contributed by atoms with Crippen molar-refractivity contribution >= 4 is 31.5 Å². The fraction of sp³-hybridized carbons (Fsp3) is 0.452. The van der Waals surface area contributed by atoms with Gasteiger partial charge in [0, 0.05) is 27.2 Å². The Balaban J connectivity index is 1.97. The van der Waals surface area contributed by atoms with E-state index in [2.05, 4.69) is 91.8 Å². The van der Waals surface area contributed by atoms with Crippen molar-refractivity contribution in [2.45, 2.75) is 85.5 Å². The number of rotatable bonds is 2. The molecule has 2 heteroatoms. The highest BCUT2D eigenvalue weighted by Crippen LogP contribution is 2.55. The molecule has 1 nitrogen and oxygen atoms in total. The third-order valence-electron chi connectivity index (χ3n) is 7.69. The summed E-state index contributed by atoms with van der Waals surface area (Å²) in [6.45, 7) is 19.4. The van der Waals surface area contributed by atoms with Gasteiger partial charge in [-0.15, -0.1) is 11.3 Å². The Bertz CT molecular complexity index is 1360. The highest BCUT2D eigenvalue weighted by Gasteiger charge is 2.42. The second-order valence-electron chi connectivity index (χ2n) is 12.6. The van der Waals surface area contributed by atoms with Crippen LogP contribution in [0.2, 0.25) is 0 Å². The van der Waals surface area contributed by atoms with Gasteiger partial charge >= 0.3 is 0 Å². The Labute approximate surface area is 203 Å². The third-order valence-corrected chi connectivity index (χ3v) is 8.92. The van der Waals surface area contributed by atoms with E-state index in [1.807, 2.05) is 17.5 Å². The molecule has 0 aliphatic heterocycles. The number of pyridine rings is 1. The van der Waals surface area contributed by atoms with Crippen molar-refractivity contribution in [2.75, 3.05) is 0 Å². The minimum atomic E-state index is 0.171. The first-order valence-electron chi connectivity index (χ1n) is 12.3. The largest absolute Gasteiger partial charge is 0.255 e. The molecule has 0 spiro atoms. The smallest absolute Gasteiger partial charge is 0.0880 e. The van der Waals surface area contributed by atoms with Crippen LogP contribution in [-0.4, -0.2) is 4.98 Å². The van der Waals surface area contributed by atoms with Gasteiger partial charge in [0.25, 0.3) is 0 Å². The maximum absolute atomic E-state index is 4.87. The molecule has 1 aliphatic rings. The number of aromatic nitrogens is 1. The Kier molecular flexibility index (Phi) is 5.07. The van der Waals surface area contributed by atoms with E-state index in [0.29, 0.717) is 0 Å². The van der Waals surface area contributed by atoms with Crippen LogP contribution in [0.3, 0.4) is 0 Å². The summed E-state index contributed by atoms with van der Waals surface area (Å²) in [5.74, 6) is 0. The lowest BCUT2D eigenvalue weighted by Crippen LogP contribution is -2.36. The van der Waals surface area contributed by atoms with Crippen molar-refractivity contribution < 1.29 is 0 Å². The molecule has 0 radical (unpaired) electrons. The lowest BCUT2D eigenvalue weighted by Gasteiger charge is -2.44. The standard InChI is InChI=1S/C31H37NS/c1-19-22(18-29(2,3)4)24-25(31(7,8)16-15-30(24,5)6)28-23(19)21-14-17-32-26(27(21)33-28)20-12-10-9-11-13-20/h9-14,17H,15-16,18H2,1-8H3. The third kappa shape index (κ3) is 3.62. The van der Waals surface area contributed by atoms with Crippen LogP contribution in [0, 0.1) is 12.3 Å². The molecule has 0 N–H and O–H groups in total. The summed E-state index contributed by atoms with van der Waals surface area (Å²) in [5, 5.41) is 2.84. The predicted molar refractivity (Wildman–Crippen MR) is 146 cm³/mol. The highest BCUT2D eigenvalue weighted by atomic mass is 32.1. The summed E-state index contributed by atoms with van der Waals surface area (Å²) < 4.78 is 2.83. The quantitative estimate of drug-likeness (QED) is 0.293. The van der Waals surface area contributed by atoms with Crippen molar-refractivity contribution in [3.8, 4) is 11.3 Å². The van der Waals surface area contributed by atoms with Gasteiger partial charge in [0.15, 0.2) is 0 Å². The molecule has 0 unspecified atom stereocenters. The molecule has 0 amide bonds. The molecule has 1 aliphatic carbocycles. The van der Waals surface area contributed by atoms with Crippen LogP contribution in [0.4, 0.5) is 0 Å². The van der Waals surface area contributed by atoms with Crippen LogP contribution in [0.15, 0.2) is 42.6 Å². The number of aryl methyl sites for hydroxylation is 1. The second-order valence-corrected chi connectivity index (χ2v) is 13.6. The van der Waals surface area contributed by atoms with Gasteiger partial charge in [-0.25, -0.2) is 0 Å². The lowest BCUT2D eigenvalue weighted by atomic mass is 9.60. The Hall–Kier alpha value is -2.19. The van der Waals surface area contributed by atoms with Gasteiger partial charge in [-0.1, -0.05) is 78.8 Å². The molecule has 2 heterocycles. The summed E-state index contributed by atoms with van der Waals surface area (Å²) in [5.41, 5.74) is 9.26. The molecule has 2 aromatic carbocycles. The zero-order chi connectivity index (χ0) is 23.8. The molecule has 2 aromatic heterocycles. The van der Waals surface area contributed by atoms with E-state index in [1.54, 1.807) is 16.7 Å². The van der Waals surface area contributed by atoms with Crippen LogP contribution in [-0.2, 0) is 17.3 Å². The van der Waals surface area contributed by atoms with Crippen molar-refractivity contribution in [2.24, 2.45) is 5.41 Å². The zero-order valence-electron chi connectivity index (χ0n) is 21.5. The normalized spacial score (nSPS) is 17.5. The molecule has 0 saturated heterocycles. The summed E-state index contributed by atoms with van der Waals surface area (Å²) in [6, 6.07) is 12.9. The Morgan fingerprint density at radius 1 is 0.879 bits per heavy atom. The first kappa shape index (κ1) is 22.6. The molecular weight excluding hydrogens is 418 g/mol. The second kappa shape index (κ2) is 7.40. The molecule has 0 saturated carbocycles. The van der Waals surface area contributed by atoms with Crippen molar-refractivity contribution in [1.82, 2.24) is 4.98 Å². The predicted octanol–water partition coefficient (Wildman–Crippen LogP) is 9.36. The van der Waals surface area contributed by atoms with Crippen LogP contribution >= 0.6 is 11.3 Å². The van der Waals surface area contributed by atoms with Crippen LogP contribution in [0.25, 0.3) is 31.4 Å². The number of hydrogen-bond donors (Lipinski definition) is 0. The van der Waals surface area contributed by atoms with Crippen LogP contribution in [0.5, 0.6) is 0 Å². The van der Waals surface area contributed by atoms with E-state index in [9.17, 15) is 0 Å². The number of hydrogen-bond acceptors (Lipinski definition) is 2. The molecule has 172 valence electrons. The molecule has 0 fully saturated rings. The van der Waals surface area contributed by atoms with E-state index in [4.69, 9.17) is 4.98 Å². The topological polar surface area (TPSA) is 12.9 Å². The maximum Gasteiger partial charge on any atom is 0.0880 e. The fourth-order valence-corrected chi connectivity index (χ4v) is 7.59. The summed E-state index contributed by atoms with van der Waals surface area (Å²) in [6.07, 6.45) is 5.60. The number of benzene rings is 2. The summed E-state index contributed by atoms with van der Waals surface area (Å²) >= 11 is 1.98. The summed E-state index contributed by atoms with van der Waals surface area (Å²) in [4.78, 5) is 4.87. The van der Waals surface area contributed by atoms with Gasteiger partial charge < -0.3 is 0 Å². The highest BCUT2D eigenvalue weighted by molar-refractivity contribution is 7.26. The molecule has 4 aromatic rings. The zero-order valence-corrected chi connectivity index (χ0v) is 22.3. The van der Waals surface area contributed by atoms with Gasteiger partial charge in [-0.2, -0.15) is 0 Å². The van der Waals surface area contributed by atoms with Gasteiger partial charge in [-0.05, 0) is 70.8 Å². The number of thiophene rings is 1. The molecule has 0 atom stereocenters. The van der Waals surface area contributed by atoms with E-state index < -0.39 is 0 Å². The molecule has 5 rings (SSSR count). The Morgan fingerprint density at radius 3 is 2.15 bits per heavy atom. The first-order valence-corrected chi connectivity index (χ1v) is 13.2. The van der Waals surface area contributed by atoms with Crippen molar-refractivity contribution in [3.05, 3.63) is 64.8 Å². The number of fused-ring (bicyclic) bond motifs is 5. The fourth-order valence-electron chi connectivity index (χ4n) is 6.00. The van der Waals surface area contributed by atoms with Gasteiger partial charge in [-0.3, -0.25) is 4.98 Å². The van der Waals surface area contributed by atoms with E-state index in [-0.39, 0.29) is 16.2 Å². The van der Waals surface area contributed by atoms with Crippen LogP contribution in [0.1, 0.15) is 83.6 Å². The van der Waals surface area contributed by atoms with Crippen LogP contribution < -0.4 is 0 Å². The number of nitrogens with zero attached hydrogens (tertiary/aromatic N) is 1. The SMILES string of the molecule is Cc1c(CC(C)(C)C)c2c(c3sc4c(-c5ccccc5)nccc4c13)C(C)(C)CCC2(C)C. The molecule has 33 heavy (non-hydrogen) atoms. The Morgan fingerprint density at radius 2 is 1.52 bits per heavy atom.